The van der Waals surface area contributed by atoms with Crippen LogP contribution in [0.1, 0.15) is 13.8 Å². The molecule has 6 nitrogen and oxygen atoms in total. The molecule has 0 aromatic carbocycles. The average molecular weight is 222 g/mol. The van der Waals surface area contributed by atoms with E-state index < -0.39 is 10.2 Å². The van der Waals surface area contributed by atoms with Crippen molar-refractivity contribution in [3.63, 3.8) is 0 Å². The van der Waals surface area contributed by atoms with Crippen molar-refractivity contribution in [2.45, 2.75) is 13.8 Å². The van der Waals surface area contributed by atoms with Crippen LogP contribution in [0.25, 0.3) is 0 Å². The fourth-order valence-electron chi connectivity index (χ4n) is 0.875. The van der Waals surface area contributed by atoms with E-state index in [0.717, 1.165) is 4.31 Å². The second-order valence-electron chi connectivity index (χ2n) is 3.14. The molecule has 4 N–H and O–H groups in total. The van der Waals surface area contributed by atoms with Crippen molar-refractivity contribution in [1.29, 1.82) is 5.41 Å². The van der Waals surface area contributed by atoms with E-state index in [9.17, 15) is 8.42 Å². The van der Waals surface area contributed by atoms with Gasteiger partial charge in [0.2, 0.25) is 0 Å². The molecule has 0 amide bonds. The second kappa shape index (κ2) is 5.28. The summed E-state index contributed by atoms with van der Waals surface area (Å²) in [6.45, 7) is 3.98. The summed E-state index contributed by atoms with van der Waals surface area (Å²) in [4.78, 5) is 0. The van der Waals surface area contributed by atoms with Crippen LogP contribution < -0.4 is 10.5 Å². The predicted octanol–water partition coefficient (Wildman–Crippen LogP) is -0.655. The second-order valence-corrected chi connectivity index (χ2v) is 5.00. The lowest BCUT2D eigenvalue weighted by atomic mass is 10.2. The molecule has 14 heavy (non-hydrogen) atoms. The molecule has 0 fully saturated rings. The van der Waals surface area contributed by atoms with Crippen LogP contribution in [-0.4, -0.2) is 38.7 Å². The van der Waals surface area contributed by atoms with Gasteiger partial charge < -0.3 is 5.73 Å². The number of hydrogen-bond donors (Lipinski definition) is 3. The van der Waals surface area contributed by atoms with Crippen molar-refractivity contribution < 1.29 is 8.42 Å². The molecule has 0 bridgehead atoms. The van der Waals surface area contributed by atoms with Gasteiger partial charge in [0.05, 0.1) is 5.84 Å². The monoisotopic (exact) mass is 222 g/mol. The molecule has 0 aliphatic heterocycles. The smallest absolute Gasteiger partial charge is 0.279 e. The van der Waals surface area contributed by atoms with Crippen molar-refractivity contribution >= 4 is 16.0 Å². The highest BCUT2D eigenvalue weighted by Crippen LogP contribution is 2.01. The molecule has 0 aromatic heterocycles. The minimum absolute atomic E-state index is 0.0106. The van der Waals surface area contributed by atoms with Crippen LogP contribution in [0.5, 0.6) is 0 Å². The van der Waals surface area contributed by atoms with Crippen LogP contribution in [0.15, 0.2) is 0 Å². The van der Waals surface area contributed by atoms with E-state index in [2.05, 4.69) is 4.72 Å². The summed E-state index contributed by atoms with van der Waals surface area (Å²) in [5.41, 5.74) is 5.24. The zero-order valence-electron chi connectivity index (χ0n) is 8.74. The van der Waals surface area contributed by atoms with Crippen LogP contribution in [0, 0.1) is 11.3 Å². The highest BCUT2D eigenvalue weighted by atomic mass is 32.2. The van der Waals surface area contributed by atoms with Crippen molar-refractivity contribution in [2.75, 3.05) is 20.1 Å². The van der Waals surface area contributed by atoms with Gasteiger partial charge in [-0.3, -0.25) is 5.41 Å². The lowest BCUT2D eigenvalue weighted by Gasteiger charge is -2.20. The Balaban J connectivity index is 4.34. The molecular weight excluding hydrogens is 204 g/mol. The lowest BCUT2D eigenvalue weighted by Crippen LogP contribution is -2.42. The fraction of sp³-hybridized carbons (Fsp3) is 0.857. The molecule has 0 aromatic rings. The molecule has 1 atom stereocenters. The quantitative estimate of drug-likeness (QED) is 0.411. The van der Waals surface area contributed by atoms with Crippen molar-refractivity contribution in [1.82, 2.24) is 9.03 Å². The minimum atomic E-state index is -3.41. The maximum atomic E-state index is 11.4. The zero-order valence-corrected chi connectivity index (χ0v) is 9.56. The third-order valence-electron chi connectivity index (χ3n) is 1.80. The molecule has 0 radical (unpaired) electrons. The molecule has 1 unspecified atom stereocenters. The van der Waals surface area contributed by atoms with E-state index in [-0.39, 0.29) is 18.3 Å². The van der Waals surface area contributed by atoms with Crippen LogP contribution in [0.3, 0.4) is 0 Å². The SMILES string of the molecule is CCNS(=O)(=O)N(C)CC(C)C(=N)N. The van der Waals surface area contributed by atoms with Crippen LogP contribution >= 0.6 is 0 Å². The van der Waals surface area contributed by atoms with Crippen molar-refractivity contribution in [2.24, 2.45) is 11.7 Å². The topological polar surface area (TPSA) is 99.3 Å². The van der Waals surface area contributed by atoms with Gasteiger partial charge in [0.15, 0.2) is 0 Å². The normalized spacial score (nSPS) is 14.3. The van der Waals surface area contributed by atoms with Gasteiger partial charge in [-0.05, 0) is 0 Å². The Morgan fingerprint density at radius 3 is 2.50 bits per heavy atom. The third kappa shape index (κ3) is 4.03. The van der Waals surface area contributed by atoms with Crippen LogP contribution in [0.4, 0.5) is 0 Å². The first-order valence-electron chi connectivity index (χ1n) is 4.36. The lowest BCUT2D eigenvalue weighted by molar-refractivity contribution is 0.435. The van der Waals surface area contributed by atoms with Gasteiger partial charge in [-0.2, -0.15) is 12.7 Å². The van der Waals surface area contributed by atoms with Gasteiger partial charge in [0.25, 0.3) is 10.2 Å². The van der Waals surface area contributed by atoms with E-state index in [1.165, 1.54) is 7.05 Å². The van der Waals surface area contributed by atoms with Crippen LogP contribution in [0.2, 0.25) is 0 Å². The Hall–Kier alpha value is -0.660. The molecule has 0 aliphatic rings. The van der Waals surface area contributed by atoms with Gasteiger partial charge in [-0.25, -0.2) is 4.72 Å². The first kappa shape index (κ1) is 13.3. The first-order chi connectivity index (χ1) is 6.31. The maximum absolute atomic E-state index is 11.4. The number of nitrogens with zero attached hydrogens (tertiary/aromatic N) is 1. The van der Waals surface area contributed by atoms with E-state index in [0.29, 0.717) is 6.54 Å². The predicted molar refractivity (Wildman–Crippen MR) is 56.3 cm³/mol. The highest BCUT2D eigenvalue weighted by molar-refractivity contribution is 7.87. The van der Waals surface area contributed by atoms with E-state index in [1.807, 2.05) is 0 Å². The Kier molecular flexibility index (Phi) is 5.03. The van der Waals surface area contributed by atoms with Gasteiger partial charge in [0.1, 0.15) is 0 Å². The summed E-state index contributed by atoms with van der Waals surface area (Å²) >= 11 is 0. The molecule has 0 aliphatic carbocycles. The van der Waals surface area contributed by atoms with Gasteiger partial charge in [-0.1, -0.05) is 13.8 Å². The Bertz CT molecular complexity index is 288. The number of amidine groups is 1. The van der Waals surface area contributed by atoms with E-state index in [4.69, 9.17) is 11.1 Å². The summed E-state index contributed by atoms with van der Waals surface area (Å²) in [5, 5.41) is 7.14. The number of hydrogen-bond acceptors (Lipinski definition) is 3. The summed E-state index contributed by atoms with van der Waals surface area (Å²) in [5.74, 6) is -0.281. The summed E-state index contributed by atoms with van der Waals surface area (Å²) < 4.78 is 26.3. The van der Waals surface area contributed by atoms with E-state index in [1.54, 1.807) is 13.8 Å². The summed E-state index contributed by atoms with van der Waals surface area (Å²) in [7, 11) is -1.95. The molecule has 0 heterocycles. The zero-order chi connectivity index (χ0) is 11.4. The molecule has 0 rings (SSSR count). The summed E-state index contributed by atoms with van der Waals surface area (Å²) in [6, 6.07) is 0. The Labute approximate surface area is 85.2 Å². The highest BCUT2D eigenvalue weighted by Gasteiger charge is 2.19. The number of nitrogens with one attached hydrogen (secondary N) is 2. The standard InChI is InChI=1S/C7H18N4O2S/c1-4-10-14(12,13)11(3)5-6(2)7(8)9/h6,10H,4-5H2,1-3H3,(H3,8,9). The van der Waals surface area contributed by atoms with Gasteiger partial charge in [-0.15, -0.1) is 0 Å². The molecule has 84 valence electrons. The van der Waals surface area contributed by atoms with E-state index >= 15 is 0 Å². The minimum Gasteiger partial charge on any atom is -0.387 e. The third-order valence-corrected chi connectivity index (χ3v) is 3.42. The maximum Gasteiger partial charge on any atom is 0.279 e. The summed E-state index contributed by atoms with van der Waals surface area (Å²) in [6.07, 6.45) is 0. The molecular formula is C7H18N4O2S. The molecule has 0 spiro atoms. The van der Waals surface area contributed by atoms with Crippen molar-refractivity contribution in [3.05, 3.63) is 0 Å². The fourth-order valence-corrected chi connectivity index (χ4v) is 1.88. The van der Waals surface area contributed by atoms with Crippen molar-refractivity contribution in [3.8, 4) is 0 Å². The first-order valence-corrected chi connectivity index (χ1v) is 5.80. The van der Waals surface area contributed by atoms with Gasteiger partial charge >= 0.3 is 0 Å². The molecule has 7 heteroatoms. The molecule has 0 saturated heterocycles. The Morgan fingerprint density at radius 2 is 2.14 bits per heavy atom. The van der Waals surface area contributed by atoms with Crippen LogP contribution in [-0.2, 0) is 10.2 Å². The molecule has 0 saturated carbocycles. The number of rotatable bonds is 6. The average Bonchev–Trinajstić information content (AvgIpc) is 2.03. The number of nitrogens with two attached hydrogens (primary N) is 1. The Morgan fingerprint density at radius 1 is 1.64 bits per heavy atom. The largest absolute Gasteiger partial charge is 0.387 e. The van der Waals surface area contributed by atoms with Gasteiger partial charge in [0, 0.05) is 26.1 Å².